The molecule has 1 rings (SSSR count). The Hall–Kier alpha value is -0.830. The zero-order valence-corrected chi connectivity index (χ0v) is 11.0. The molecule has 0 radical (unpaired) electrons. The predicted octanol–water partition coefficient (Wildman–Crippen LogP) is 3.18. The third-order valence-corrected chi connectivity index (χ3v) is 5.49. The molecule has 0 aliphatic heterocycles. The molecule has 0 aliphatic carbocycles. The minimum atomic E-state index is -3.08. The molecule has 0 bridgehead atoms. The van der Waals surface area contributed by atoms with Gasteiger partial charge in [-0.05, 0) is 25.8 Å². The lowest BCUT2D eigenvalue weighted by Gasteiger charge is -2.24. The molecule has 90 valence electrons. The largest absolute Gasteiger partial charge is 0.228 e. The van der Waals surface area contributed by atoms with Crippen LogP contribution in [0.25, 0.3) is 0 Å². The van der Waals surface area contributed by atoms with Gasteiger partial charge in [0.1, 0.15) is 0 Å². The average Bonchev–Trinajstić information content (AvgIpc) is 2.18. The molecule has 0 heterocycles. The summed E-state index contributed by atoms with van der Waals surface area (Å²) >= 11 is 0. The van der Waals surface area contributed by atoms with Crippen molar-refractivity contribution in [2.75, 3.05) is 0 Å². The van der Waals surface area contributed by atoms with Gasteiger partial charge in [0.25, 0.3) is 0 Å². The van der Waals surface area contributed by atoms with Crippen molar-refractivity contribution in [1.29, 1.82) is 0 Å². The van der Waals surface area contributed by atoms with Crippen LogP contribution in [0.5, 0.6) is 0 Å². The van der Waals surface area contributed by atoms with E-state index in [1.165, 1.54) is 0 Å². The van der Waals surface area contributed by atoms with Crippen LogP contribution in [0.1, 0.15) is 39.2 Å². The van der Waals surface area contributed by atoms with E-state index >= 15 is 0 Å². The highest BCUT2D eigenvalue weighted by Gasteiger charge is 2.32. The van der Waals surface area contributed by atoms with Gasteiger partial charge in [0.2, 0.25) is 0 Å². The maximum atomic E-state index is 12.2. The van der Waals surface area contributed by atoms with Crippen molar-refractivity contribution < 1.29 is 8.42 Å². The van der Waals surface area contributed by atoms with E-state index in [0.717, 1.165) is 12.0 Å². The summed E-state index contributed by atoms with van der Waals surface area (Å²) in [4.78, 5) is 0. The first-order valence-electron chi connectivity index (χ1n) is 5.65. The second kappa shape index (κ2) is 5.00. The van der Waals surface area contributed by atoms with Crippen LogP contribution in [0.3, 0.4) is 0 Å². The molecule has 0 spiro atoms. The number of rotatable bonds is 5. The molecule has 0 aliphatic rings. The third kappa shape index (κ3) is 3.08. The van der Waals surface area contributed by atoms with Gasteiger partial charge in [0.15, 0.2) is 9.84 Å². The Bertz CT molecular complexity index is 419. The molecule has 0 fully saturated rings. The van der Waals surface area contributed by atoms with Crippen LogP contribution in [0.2, 0.25) is 0 Å². The van der Waals surface area contributed by atoms with E-state index in [1.807, 2.05) is 51.1 Å². The highest BCUT2D eigenvalue weighted by molar-refractivity contribution is 7.92. The minimum Gasteiger partial charge on any atom is -0.228 e. The molecule has 0 saturated heterocycles. The van der Waals surface area contributed by atoms with E-state index in [1.54, 1.807) is 0 Å². The van der Waals surface area contributed by atoms with Crippen molar-refractivity contribution in [3.63, 3.8) is 0 Å². The number of hydrogen-bond acceptors (Lipinski definition) is 2. The molecule has 0 saturated carbocycles. The van der Waals surface area contributed by atoms with E-state index < -0.39 is 14.6 Å². The van der Waals surface area contributed by atoms with Crippen LogP contribution in [0.4, 0.5) is 0 Å². The van der Waals surface area contributed by atoms with Crippen LogP contribution in [-0.2, 0) is 15.6 Å². The first kappa shape index (κ1) is 13.2. The van der Waals surface area contributed by atoms with E-state index in [0.29, 0.717) is 6.42 Å². The molecule has 1 aromatic rings. The second-order valence-electron chi connectivity index (χ2n) is 4.75. The summed E-state index contributed by atoms with van der Waals surface area (Å²) in [5.74, 6) is 0.140. The lowest BCUT2D eigenvalue weighted by Crippen LogP contribution is -2.32. The van der Waals surface area contributed by atoms with Crippen molar-refractivity contribution in [2.24, 2.45) is 0 Å². The Morgan fingerprint density at radius 3 is 2.19 bits per heavy atom. The fourth-order valence-corrected chi connectivity index (χ4v) is 3.28. The molecule has 16 heavy (non-hydrogen) atoms. The van der Waals surface area contributed by atoms with Gasteiger partial charge in [0.05, 0.1) is 10.5 Å². The summed E-state index contributed by atoms with van der Waals surface area (Å²) in [6, 6.07) is 9.36. The van der Waals surface area contributed by atoms with E-state index in [2.05, 4.69) is 0 Å². The highest BCUT2D eigenvalue weighted by Crippen LogP contribution is 2.25. The first-order chi connectivity index (χ1) is 7.39. The first-order valence-corrected chi connectivity index (χ1v) is 7.30. The lowest BCUT2D eigenvalue weighted by atomic mass is 10.1. The van der Waals surface area contributed by atoms with Crippen LogP contribution in [0.15, 0.2) is 30.3 Å². The van der Waals surface area contributed by atoms with E-state index in [4.69, 9.17) is 0 Å². The Labute approximate surface area is 98.6 Å². The molecule has 1 aromatic carbocycles. The molecule has 0 unspecified atom stereocenters. The smallest absolute Gasteiger partial charge is 0.159 e. The molecule has 0 N–H and O–H groups in total. The molecule has 0 atom stereocenters. The Balaban J connectivity index is 2.88. The van der Waals surface area contributed by atoms with Gasteiger partial charge in [-0.2, -0.15) is 0 Å². The Morgan fingerprint density at radius 1 is 1.12 bits per heavy atom. The highest BCUT2D eigenvalue weighted by atomic mass is 32.2. The van der Waals surface area contributed by atoms with Crippen molar-refractivity contribution >= 4 is 9.84 Å². The van der Waals surface area contributed by atoms with Crippen molar-refractivity contribution in [3.8, 4) is 0 Å². The molecule has 0 amide bonds. The van der Waals surface area contributed by atoms with Crippen LogP contribution < -0.4 is 0 Å². The zero-order valence-electron chi connectivity index (χ0n) is 10.2. The summed E-state index contributed by atoms with van der Waals surface area (Å²) in [6.45, 7) is 5.64. The minimum absolute atomic E-state index is 0.140. The maximum absolute atomic E-state index is 12.2. The normalized spacial score (nSPS) is 12.7. The summed E-state index contributed by atoms with van der Waals surface area (Å²) in [5, 5.41) is 0. The zero-order chi connectivity index (χ0) is 12.2. The molecular weight excluding hydrogens is 220 g/mol. The van der Waals surface area contributed by atoms with E-state index in [-0.39, 0.29) is 5.75 Å². The van der Waals surface area contributed by atoms with Gasteiger partial charge < -0.3 is 0 Å². The number of benzene rings is 1. The SMILES string of the molecule is CCCC(C)(C)S(=O)(=O)Cc1ccccc1. The van der Waals surface area contributed by atoms with Gasteiger partial charge in [-0.15, -0.1) is 0 Å². The fourth-order valence-electron chi connectivity index (χ4n) is 1.75. The van der Waals surface area contributed by atoms with Crippen molar-refractivity contribution in [3.05, 3.63) is 35.9 Å². The fraction of sp³-hybridized carbons (Fsp3) is 0.538. The van der Waals surface area contributed by atoms with Gasteiger partial charge in [-0.3, -0.25) is 0 Å². The molecular formula is C13H20O2S. The Kier molecular flexibility index (Phi) is 4.14. The standard InChI is InChI=1S/C13H20O2S/c1-4-10-13(2,3)16(14,15)11-12-8-6-5-7-9-12/h5-9H,4,10-11H2,1-3H3. The third-order valence-electron chi connectivity index (χ3n) is 2.89. The Morgan fingerprint density at radius 2 is 1.69 bits per heavy atom. The number of hydrogen-bond donors (Lipinski definition) is 0. The number of sulfone groups is 1. The quantitative estimate of drug-likeness (QED) is 0.792. The summed E-state index contributed by atoms with van der Waals surface area (Å²) in [5.41, 5.74) is 0.867. The average molecular weight is 240 g/mol. The maximum Gasteiger partial charge on any atom is 0.159 e. The van der Waals surface area contributed by atoms with Gasteiger partial charge in [-0.1, -0.05) is 43.7 Å². The summed E-state index contributed by atoms with van der Waals surface area (Å²) in [7, 11) is -3.08. The van der Waals surface area contributed by atoms with Crippen molar-refractivity contribution in [1.82, 2.24) is 0 Å². The topological polar surface area (TPSA) is 34.1 Å². The van der Waals surface area contributed by atoms with E-state index in [9.17, 15) is 8.42 Å². The summed E-state index contributed by atoms with van der Waals surface area (Å²) in [6.07, 6.45) is 1.60. The van der Waals surface area contributed by atoms with Gasteiger partial charge in [0, 0.05) is 0 Å². The van der Waals surface area contributed by atoms with Crippen molar-refractivity contribution in [2.45, 2.75) is 44.1 Å². The molecule has 2 nitrogen and oxygen atoms in total. The van der Waals surface area contributed by atoms with Gasteiger partial charge in [-0.25, -0.2) is 8.42 Å². The van der Waals surface area contributed by atoms with Crippen LogP contribution in [0, 0.1) is 0 Å². The summed E-state index contributed by atoms with van der Waals surface area (Å²) < 4.78 is 23.8. The lowest BCUT2D eigenvalue weighted by molar-refractivity contribution is 0.522. The van der Waals surface area contributed by atoms with Gasteiger partial charge >= 0.3 is 0 Å². The predicted molar refractivity (Wildman–Crippen MR) is 68.1 cm³/mol. The molecule has 3 heteroatoms. The van der Waals surface area contributed by atoms with Crippen LogP contribution >= 0.6 is 0 Å². The van der Waals surface area contributed by atoms with Crippen LogP contribution in [-0.4, -0.2) is 13.2 Å². The molecule has 0 aromatic heterocycles. The monoisotopic (exact) mass is 240 g/mol. The second-order valence-corrected chi connectivity index (χ2v) is 7.38.